The van der Waals surface area contributed by atoms with E-state index in [9.17, 15) is 71.9 Å². The molecule has 0 unspecified atom stereocenters. The molecule has 0 heterocycles. The molecule has 0 aromatic rings. The van der Waals surface area contributed by atoms with Crippen LogP contribution in [0.15, 0.2) is 0 Å². The highest BCUT2D eigenvalue weighted by Gasteiger charge is 2.23. The predicted molar refractivity (Wildman–Crippen MR) is 486 cm³/mol. The van der Waals surface area contributed by atoms with E-state index < -0.39 is 0 Å². The average Bonchev–Trinajstić information content (AvgIpc) is 0.907. The van der Waals surface area contributed by atoms with Crippen LogP contribution in [0, 0.1) is 0 Å². The van der Waals surface area contributed by atoms with Crippen LogP contribution in [0.2, 0.25) is 0 Å². The van der Waals surface area contributed by atoms with Gasteiger partial charge in [-0.3, -0.25) is 71.9 Å². The van der Waals surface area contributed by atoms with Gasteiger partial charge in [0.15, 0.2) is 0 Å². The number of nitrogens with zero attached hydrogens (tertiary/aromatic N) is 8. The Kier molecular flexibility index (Phi) is 76.2. The van der Waals surface area contributed by atoms with E-state index in [-0.39, 0.29) is 506 Å². The third kappa shape index (κ3) is 72.9. The maximum absolute atomic E-state index is 14.1. The van der Waals surface area contributed by atoms with Crippen LogP contribution in [0.25, 0.3) is 0 Å². The fourth-order valence-corrected chi connectivity index (χ4v) is 12.4. The summed E-state index contributed by atoms with van der Waals surface area (Å²) < 4.78 is 0. The molecule has 0 radical (unpaired) electrons. The third-order valence-electron chi connectivity index (χ3n) is 19.7. The van der Waals surface area contributed by atoms with Gasteiger partial charge in [-0.1, -0.05) is 0 Å². The van der Waals surface area contributed by atoms with Gasteiger partial charge in [-0.25, -0.2) is 0 Å². The maximum Gasteiger partial charge on any atom is 0.221 e. The fourth-order valence-electron chi connectivity index (χ4n) is 12.4. The van der Waals surface area contributed by atoms with E-state index in [1.807, 2.05) is 39.2 Å². The molecule has 0 fully saturated rings. The van der Waals surface area contributed by atoms with Crippen molar-refractivity contribution in [1.29, 1.82) is 0 Å². The summed E-state index contributed by atoms with van der Waals surface area (Å²) in [6.07, 6.45) is 0.870. The summed E-state index contributed by atoms with van der Waals surface area (Å²) in [5.74, 6) is -3.99. The number of carbonyl (C=O) groups excluding carboxylic acids is 15. The summed E-state index contributed by atoms with van der Waals surface area (Å²) in [4.78, 5) is 212. The molecule has 127 heavy (non-hydrogen) atoms. The molecule has 734 valence electrons. The number of carbonyl (C=O) groups is 15. The molecule has 0 bridgehead atoms. The van der Waals surface area contributed by atoms with E-state index in [1.165, 1.54) is 0 Å². The second-order valence-electron chi connectivity index (χ2n) is 30.1. The van der Waals surface area contributed by atoms with Crippen LogP contribution in [0.4, 0.5) is 0 Å². The van der Waals surface area contributed by atoms with Gasteiger partial charge in [0.1, 0.15) is 0 Å². The van der Waals surface area contributed by atoms with Gasteiger partial charge in [-0.2, -0.15) is 0 Å². The predicted octanol–water partition coefficient (Wildman–Crippen LogP) is -14.4. The Morgan fingerprint density at radius 1 is 0.118 bits per heavy atom. The van der Waals surface area contributed by atoms with Crippen molar-refractivity contribution in [1.82, 2.24) is 119 Å². The van der Waals surface area contributed by atoms with Crippen molar-refractivity contribution in [3.63, 3.8) is 0 Å². The fraction of sp³-hybridized carbons (Fsp3) is 0.810. The molecule has 15 amide bonds. The first-order valence-corrected chi connectivity index (χ1v) is 45.1. The van der Waals surface area contributed by atoms with Gasteiger partial charge in [0, 0.05) is 417 Å². The minimum Gasteiger partial charge on any atom is -0.355 e. The molecule has 0 aliphatic heterocycles. The molecule has 0 aromatic heterocycles. The van der Waals surface area contributed by atoms with Crippen LogP contribution in [0.1, 0.15) is 96.3 Å². The molecule has 35 N–H and O–H groups in total. The first-order chi connectivity index (χ1) is 61.3. The Bertz CT molecular complexity index is 2610. The lowest BCUT2D eigenvalue weighted by molar-refractivity contribution is -0.123. The molecule has 0 aliphatic carbocycles. The van der Waals surface area contributed by atoms with Crippen LogP contribution in [0.5, 0.6) is 0 Å². The molecule has 0 aromatic carbocycles. The van der Waals surface area contributed by atoms with Crippen molar-refractivity contribution in [3.8, 4) is 0 Å². The standard InChI is InChI=1S/C79H163N33O15/c80-16-26-90-65(113)1-41-105(42-2-66(114)91-27-17-81)56-36-100-75(123)11-51-110(52-12-76(124)101-37-57-106(43-3-67(115)92-28-18-82)44-4-68(116)93-29-19-83)61-63-112(55-15-79(127)104-40-60-109(49-9-73(121)98-34-24-88)50-10-74(122)99-35-25-89)64-62-111(53-13-77(125)102-38-58-107(45-5-69(117)94-30-20-84)46-6-70(118)95-31-21-85)54-14-78(126)103-39-59-108(47-7-71(119)96-32-22-86)48-8-72(120)97-33-23-87/h1-64,80-89H2,(H,90,113)(H,91,114)(H,92,115)(H,93,116)(H,94,117)(H,95,118)(H,96,119)(H,97,120)(H,98,121)(H,99,122)(H,100,123)(H,101,124)(H,102,125)(H,103,126)(H,104,127). The second kappa shape index (κ2) is 81.8. The molecular formula is C79H163N33O15. The lowest BCUT2D eigenvalue weighted by atomic mass is 10.2. The third-order valence-corrected chi connectivity index (χ3v) is 19.7. The Hall–Kier alpha value is -8.67. The van der Waals surface area contributed by atoms with Gasteiger partial charge in [-0.15, -0.1) is 0 Å². The van der Waals surface area contributed by atoms with Gasteiger partial charge in [0.05, 0.1) is 0 Å². The quantitative estimate of drug-likeness (QED) is 0.0269. The van der Waals surface area contributed by atoms with Gasteiger partial charge in [0.2, 0.25) is 88.6 Å². The molecule has 0 aliphatic rings. The SMILES string of the molecule is NCCNC(=O)CCN(CCNC(=O)CCN(CCC(=O)NCCN(CCC(=O)NCCN)CCC(=O)NCCN)CCN(CCC(=O)NCCN(CCC(=O)NCCN)CCC(=O)NCCN)CCN(CCC(=O)NCCN(CCC(=O)NCCN)CCC(=O)NCCN)CCC(=O)NCCN(CCC(=O)NCCN)CCC(=O)NCCN)CCC(=O)NCCN. The maximum atomic E-state index is 14.1. The molecule has 48 heteroatoms. The van der Waals surface area contributed by atoms with E-state index in [0.717, 1.165) is 0 Å². The Morgan fingerprint density at radius 3 is 0.291 bits per heavy atom. The van der Waals surface area contributed by atoms with E-state index >= 15 is 0 Å². The molecule has 0 saturated carbocycles. The molecule has 0 spiro atoms. The number of hydrogen-bond acceptors (Lipinski definition) is 33. The van der Waals surface area contributed by atoms with Crippen molar-refractivity contribution in [2.75, 3.05) is 321 Å². The van der Waals surface area contributed by atoms with E-state index in [2.05, 4.69) is 79.8 Å². The monoisotopic (exact) mass is 1810 g/mol. The first kappa shape index (κ1) is 118. The number of hydrogen-bond donors (Lipinski definition) is 25. The lowest BCUT2D eigenvalue weighted by Crippen LogP contribution is -2.45. The first-order valence-electron chi connectivity index (χ1n) is 45.1. The number of amides is 15. The zero-order valence-corrected chi connectivity index (χ0v) is 75.7. The van der Waals surface area contributed by atoms with Crippen LogP contribution >= 0.6 is 0 Å². The Morgan fingerprint density at radius 2 is 0.197 bits per heavy atom. The smallest absolute Gasteiger partial charge is 0.221 e. The minimum absolute atomic E-state index is 0.0400. The Labute approximate surface area is 750 Å². The van der Waals surface area contributed by atoms with Crippen molar-refractivity contribution >= 4 is 88.6 Å². The van der Waals surface area contributed by atoms with Gasteiger partial charge in [-0.05, 0) is 0 Å². The van der Waals surface area contributed by atoms with Crippen LogP contribution in [-0.4, -0.2) is 449 Å². The summed E-state index contributed by atoms with van der Waals surface area (Å²) in [6.45, 7) is 12.0. The average molecular weight is 1820 g/mol. The van der Waals surface area contributed by atoms with Gasteiger partial charge >= 0.3 is 0 Å². The van der Waals surface area contributed by atoms with E-state index in [4.69, 9.17) is 57.3 Å². The van der Waals surface area contributed by atoms with E-state index in [1.54, 1.807) is 0 Å². The number of nitrogens with two attached hydrogens (primary N) is 10. The molecule has 0 atom stereocenters. The largest absolute Gasteiger partial charge is 0.355 e. The summed E-state index contributed by atoms with van der Waals surface area (Å²) in [5.41, 5.74) is 56.1. The zero-order chi connectivity index (χ0) is 94.1. The number of rotatable bonds is 86. The normalized spacial score (nSPS) is 11.3. The van der Waals surface area contributed by atoms with Crippen LogP contribution < -0.4 is 137 Å². The van der Waals surface area contributed by atoms with Crippen molar-refractivity contribution in [3.05, 3.63) is 0 Å². The molecule has 0 saturated heterocycles. The highest BCUT2D eigenvalue weighted by Crippen LogP contribution is 2.07. The highest BCUT2D eigenvalue weighted by atomic mass is 16.2. The Balaban J connectivity index is 7.81. The topological polar surface area (TPSA) is 723 Å². The number of nitrogens with one attached hydrogen (secondary N) is 15. The van der Waals surface area contributed by atoms with Crippen LogP contribution in [-0.2, 0) is 71.9 Å². The zero-order valence-electron chi connectivity index (χ0n) is 75.7. The minimum atomic E-state index is -0.336. The lowest BCUT2D eigenvalue weighted by Gasteiger charge is -2.30. The second-order valence-corrected chi connectivity index (χ2v) is 30.1. The summed E-state index contributed by atoms with van der Waals surface area (Å²) in [6, 6.07) is 0. The molecule has 0 rings (SSSR count). The van der Waals surface area contributed by atoms with E-state index in [0.29, 0.717) is 0 Å². The summed E-state index contributed by atoms with van der Waals surface area (Å²) in [7, 11) is 0. The summed E-state index contributed by atoms with van der Waals surface area (Å²) in [5, 5.41) is 42.3. The van der Waals surface area contributed by atoms with Crippen molar-refractivity contribution in [2.24, 2.45) is 57.3 Å². The molecule has 48 nitrogen and oxygen atoms in total. The van der Waals surface area contributed by atoms with Crippen molar-refractivity contribution < 1.29 is 71.9 Å². The van der Waals surface area contributed by atoms with Gasteiger partial charge < -0.3 is 176 Å². The highest BCUT2D eigenvalue weighted by molar-refractivity contribution is 5.81. The van der Waals surface area contributed by atoms with Crippen LogP contribution in [0.3, 0.4) is 0 Å². The van der Waals surface area contributed by atoms with Crippen molar-refractivity contribution in [2.45, 2.75) is 96.3 Å². The van der Waals surface area contributed by atoms with Gasteiger partial charge in [0.25, 0.3) is 0 Å². The summed E-state index contributed by atoms with van der Waals surface area (Å²) >= 11 is 0. The molecular weight excluding hydrogens is 1650 g/mol.